The third-order valence-electron chi connectivity index (χ3n) is 3.58. The Labute approximate surface area is 104 Å². The molecule has 2 aromatic carbocycles. The summed E-state index contributed by atoms with van der Waals surface area (Å²) in [5.41, 5.74) is 3.33. The van der Waals surface area contributed by atoms with Crippen molar-refractivity contribution in [2.45, 2.75) is 0 Å². The van der Waals surface area contributed by atoms with E-state index in [1.807, 2.05) is 6.07 Å². The van der Waals surface area contributed by atoms with Crippen molar-refractivity contribution in [3.05, 3.63) is 54.6 Å². The Morgan fingerprint density at radius 1 is 0.889 bits per heavy atom. The molecular weight excluding hydrogens is 220 g/mol. The molecule has 86 valence electrons. The number of aromatic nitrogens is 2. The summed E-state index contributed by atoms with van der Waals surface area (Å²) in [5.74, 6) is 0. The molecule has 0 aliphatic carbocycles. The zero-order chi connectivity index (χ0) is 12.1. The molecule has 0 radical (unpaired) electrons. The Kier molecular flexibility index (Phi) is 1.78. The topological polar surface area (TPSA) is 17.8 Å². The van der Waals surface area contributed by atoms with E-state index >= 15 is 0 Å². The lowest BCUT2D eigenvalue weighted by molar-refractivity contribution is 0.994. The molecule has 0 saturated carbocycles. The average molecular weight is 232 g/mol. The summed E-state index contributed by atoms with van der Waals surface area (Å²) in [6, 6.07) is 19.0. The monoisotopic (exact) mass is 232 g/mol. The largest absolute Gasteiger partial charge is 0.328 e. The third-order valence-corrected chi connectivity index (χ3v) is 3.58. The van der Waals surface area contributed by atoms with E-state index in [-0.39, 0.29) is 0 Å². The smallest absolute Gasteiger partial charge is 0.141 e. The third kappa shape index (κ3) is 1.15. The molecule has 2 aromatic heterocycles. The van der Waals surface area contributed by atoms with Crippen LogP contribution in [-0.4, -0.2) is 9.55 Å². The van der Waals surface area contributed by atoms with Crippen LogP contribution in [0.5, 0.6) is 0 Å². The number of nitrogens with zero attached hydrogens (tertiary/aromatic N) is 2. The summed E-state index contributed by atoms with van der Waals surface area (Å²) in [4.78, 5) is 4.78. The van der Waals surface area contributed by atoms with E-state index in [0.717, 1.165) is 11.2 Å². The predicted molar refractivity (Wildman–Crippen MR) is 75.7 cm³/mol. The molecular formula is C16H12N2. The molecule has 4 rings (SSSR count). The van der Waals surface area contributed by atoms with Gasteiger partial charge in [-0.25, -0.2) is 4.98 Å². The number of para-hydroxylation sites is 2. The van der Waals surface area contributed by atoms with Gasteiger partial charge in [-0.05, 0) is 18.2 Å². The van der Waals surface area contributed by atoms with Crippen molar-refractivity contribution in [1.29, 1.82) is 0 Å². The average Bonchev–Trinajstić information content (AvgIpc) is 2.71. The van der Waals surface area contributed by atoms with Gasteiger partial charge >= 0.3 is 0 Å². The van der Waals surface area contributed by atoms with E-state index in [1.165, 1.54) is 21.7 Å². The molecule has 0 N–H and O–H groups in total. The first kappa shape index (κ1) is 9.66. The Hall–Kier alpha value is -2.35. The van der Waals surface area contributed by atoms with Crippen LogP contribution in [0.2, 0.25) is 0 Å². The van der Waals surface area contributed by atoms with Gasteiger partial charge in [0.2, 0.25) is 0 Å². The van der Waals surface area contributed by atoms with Crippen LogP contribution < -0.4 is 0 Å². The van der Waals surface area contributed by atoms with Crippen molar-refractivity contribution in [3.8, 4) is 0 Å². The summed E-state index contributed by atoms with van der Waals surface area (Å²) in [5, 5.41) is 3.70. The quantitative estimate of drug-likeness (QED) is 0.450. The second-order valence-corrected chi connectivity index (χ2v) is 4.63. The molecule has 0 atom stereocenters. The van der Waals surface area contributed by atoms with Crippen LogP contribution in [0.15, 0.2) is 54.6 Å². The van der Waals surface area contributed by atoms with Gasteiger partial charge in [-0.3, -0.25) is 0 Å². The van der Waals surface area contributed by atoms with Gasteiger partial charge in [0.25, 0.3) is 0 Å². The summed E-state index contributed by atoms with van der Waals surface area (Å²) in [6.07, 6.45) is 0. The van der Waals surface area contributed by atoms with E-state index in [4.69, 9.17) is 4.98 Å². The first-order valence-electron chi connectivity index (χ1n) is 6.07. The summed E-state index contributed by atoms with van der Waals surface area (Å²) < 4.78 is 2.16. The lowest BCUT2D eigenvalue weighted by Gasteiger charge is -1.99. The zero-order valence-electron chi connectivity index (χ0n) is 10.1. The molecule has 0 fully saturated rings. The highest BCUT2D eigenvalue weighted by Gasteiger charge is 2.09. The lowest BCUT2D eigenvalue weighted by atomic mass is 10.1. The molecule has 2 heteroatoms. The molecule has 0 aliphatic rings. The minimum atomic E-state index is 1.05. The van der Waals surface area contributed by atoms with E-state index in [2.05, 4.69) is 60.1 Å². The van der Waals surface area contributed by atoms with Crippen molar-refractivity contribution in [2.24, 2.45) is 7.05 Å². The maximum absolute atomic E-state index is 4.78. The van der Waals surface area contributed by atoms with E-state index in [9.17, 15) is 0 Å². The maximum atomic E-state index is 4.78. The highest BCUT2D eigenvalue weighted by Crippen LogP contribution is 2.29. The van der Waals surface area contributed by atoms with Crippen LogP contribution in [0, 0.1) is 0 Å². The summed E-state index contributed by atoms with van der Waals surface area (Å²) in [6.45, 7) is 0. The highest BCUT2D eigenvalue weighted by atomic mass is 15.0. The van der Waals surface area contributed by atoms with Crippen LogP contribution in [0.4, 0.5) is 0 Å². The van der Waals surface area contributed by atoms with Gasteiger partial charge in [0, 0.05) is 23.2 Å². The zero-order valence-corrected chi connectivity index (χ0v) is 10.1. The first-order valence-corrected chi connectivity index (χ1v) is 6.07. The van der Waals surface area contributed by atoms with Crippen molar-refractivity contribution < 1.29 is 0 Å². The molecule has 0 aliphatic heterocycles. The van der Waals surface area contributed by atoms with E-state index < -0.39 is 0 Å². The number of rotatable bonds is 0. The maximum Gasteiger partial charge on any atom is 0.141 e. The Balaban J connectivity index is 2.32. The predicted octanol–water partition coefficient (Wildman–Crippen LogP) is 3.88. The Bertz CT molecular complexity index is 887. The summed E-state index contributed by atoms with van der Waals surface area (Å²) >= 11 is 0. The number of hydrogen-bond acceptors (Lipinski definition) is 1. The fourth-order valence-corrected chi connectivity index (χ4v) is 2.67. The van der Waals surface area contributed by atoms with Crippen molar-refractivity contribution >= 4 is 32.8 Å². The molecule has 0 spiro atoms. The SMILES string of the molecule is Cn1c2ccccc2c2cc3ccccc3nc21. The molecule has 2 nitrogen and oxygen atoms in total. The molecule has 0 bridgehead atoms. The Morgan fingerprint density at radius 2 is 1.67 bits per heavy atom. The molecule has 2 heterocycles. The van der Waals surface area contributed by atoms with Gasteiger partial charge in [0.15, 0.2) is 0 Å². The Morgan fingerprint density at radius 3 is 2.61 bits per heavy atom. The van der Waals surface area contributed by atoms with Crippen molar-refractivity contribution in [1.82, 2.24) is 9.55 Å². The van der Waals surface area contributed by atoms with Crippen LogP contribution in [0.25, 0.3) is 32.8 Å². The summed E-state index contributed by atoms with van der Waals surface area (Å²) in [7, 11) is 2.08. The van der Waals surface area contributed by atoms with Gasteiger partial charge in [-0.2, -0.15) is 0 Å². The minimum absolute atomic E-state index is 1.05. The molecule has 18 heavy (non-hydrogen) atoms. The van der Waals surface area contributed by atoms with Crippen molar-refractivity contribution in [2.75, 3.05) is 0 Å². The number of benzene rings is 2. The second kappa shape index (κ2) is 3.33. The van der Waals surface area contributed by atoms with Gasteiger partial charge in [0.05, 0.1) is 11.0 Å². The van der Waals surface area contributed by atoms with Crippen LogP contribution in [0.3, 0.4) is 0 Å². The van der Waals surface area contributed by atoms with Gasteiger partial charge in [0.1, 0.15) is 5.65 Å². The minimum Gasteiger partial charge on any atom is -0.328 e. The lowest BCUT2D eigenvalue weighted by Crippen LogP contribution is -1.89. The number of hydrogen-bond donors (Lipinski definition) is 0. The number of fused-ring (bicyclic) bond motifs is 4. The first-order chi connectivity index (χ1) is 8.84. The standard InChI is InChI=1S/C16H12N2/c1-18-15-9-5-3-7-12(15)13-10-11-6-2-4-8-14(11)17-16(13)18/h2-10H,1H3. The van der Waals surface area contributed by atoms with Gasteiger partial charge in [-0.15, -0.1) is 0 Å². The molecule has 0 saturated heterocycles. The molecule has 0 amide bonds. The van der Waals surface area contributed by atoms with Crippen LogP contribution in [0.1, 0.15) is 0 Å². The number of aryl methyl sites for hydroxylation is 1. The van der Waals surface area contributed by atoms with E-state index in [0.29, 0.717) is 0 Å². The second-order valence-electron chi connectivity index (χ2n) is 4.63. The van der Waals surface area contributed by atoms with Crippen LogP contribution in [-0.2, 0) is 7.05 Å². The number of pyridine rings is 1. The highest BCUT2D eigenvalue weighted by molar-refractivity contribution is 6.09. The van der Waals surface area contributed by atoms with E-state index in [1.54, 1.807) is 0 Å². The fraction of sp³-hybridized carbons (Fsp3) is 0.0625. The van der Waals surface area contributed by atoms with Gasteiger partial charge in [-0.1, -0.05) is 36.4 Å². The molecule has 4 aromatic rings. The van der Waals surface area contributed by atoms with Crippen LogP contribution >= 0.6 is 0 Å². The van der Waals surface area contributed by atoms with Gasteiger partial charge < -0.3 is 4.57 Å². The fourth-order valence-electron chi connectivity index (χ4n) is 2.67. The molecule has 0 unspecified atom stereocenters. The normalized spacial score (nSPS) is 11.6. The van der Waals surface area contributed by atoms with Crippen molar-refractivity contribution in [3.63, 3.8) is 0 Å².